The van der Waals surface area contributed by atoms with Crippen LogP contribution in [0.4, 0.5) is 0 Å². The number of rotatable bonds is 6. The third kappa shape index (κ3) is 5.23. The molecule has 1 aliphatic rings. The van der Waals surface area contributed by atoms with Crippen molar-refractivity contribution in [3.63, 3.8) is 0 Å². The largest absolute Gasteiger partial charge is 0.493 e. The van der Waals surface area contributed by atoms with Crippen LogP contribution >= 0.6 is 11.8 Å². The fourth-order valence-electron chi connectivity index (χ4n) is 3.18. The van der Waals surface area contributed by atoms with Crippen LogP contribution in [-0.2, 0) is 4.79 Å². The average Bonchev–Trinajstić information content (AvgIpc) is 2.77. The van der Waals surface area contributed by atoms with E-state index in [0.29, 0.717) is 49.0 Å². The molecule has 0 N–H and O–H groups in total. The third-order valence-electron chi connectivity index (χ3n) is 4.93. The van der Waals surface area contributed by atoms with Gasteiger partial charge in [-0.2, -0.15) is 0 Å². The highest BCUT2D eigenvalue weighted by molar-refractivity contribution is 8.00. The SMILES string of the molecule is COc1ccc(C(=O)N2CCN(C(=O)CSc3ccc(C)cc3)CC2)cc1OC. The van der Waals surface area contributed by atoms with Crippen molar-refractivity contribution in [2.75, 3.05) is 46.2 Å². The lowest BCUT2D eigenvalue weighted by atomic mass is 10.1. The number of piperazine rings is 1. The monoisotopic (exact) mass is 414 g/mol. The summed E-state index contributed by atoms with van der Waals surface area (Å²) in [6, 6.07) is 13.3. The van der Waals surface area contributed by atoms with E-state index in [1.165, 1.54) is 5.56 Å². The summed E-state index contributed by atoms with van der Waals surface area (Å²) < 4.78 is 10.5. The first-order valence-corrected chi connectivity index (χ1v) is 10.5. The molecule has 2 aromatic carbocycles. The molecule has 0 aliphatic carbocycles. The summed E-state index contributed by atoms with van der Waals surface area (Å²) >= 11 is 1.54. The van der Waals surface area contributed by atoms with E-state index in [2.05, 4.69) is 0 Å². The second kappa shape index (κ2) is 9.69. The normalized spacial score (nSPS) is 13.9. The molecule has 0 aromatic heterocycles. The Bertz CT molecular complexity index is 862. The van der Waals surface area contributed by atoms with Gasteiger partial charge in [0.05, 0.1) is 20.0 Å². The number of ether oxygens (including phenoxy) is 2. The number of thioether (sulfide) groups is 1. The summed E-state index contributed by atoms with van der Waals surface area (Å²) in [5.41, 5.74) is 1.76. The van der Waals surface area contributed by atoms with Gasteiger partial charge in [-0.15, -0.1) is 11.8 Å². The van der Waals surface area contributed by atoms with Crippen LogP contribution in [0.2, 0.25) is 0 Å². The molecule has 3 rings (SSSR count). The number of carbonyl (C=O) groups is 2. The zero-order valence-electron chi connectivity index (χ0n) is 17.0. The Morgan fingerprint density at radius 1 is 0.897 bits per heavy atom. The van der Waals surface area contributed by atoms with Gasteiger partial charge in [0.1, 0.15) is 0 Å². The summed E-state index contributed by atoms with van der Waals surface area (Å²) in [7, 11) is 3.11. The second-order valence-electron chi connectivity index (χ2n) is 6.84. The van der Waals surface area contributed by atoms with Crippen LogP contribution in [0.1, 0.15) is 15.9 Å². The molecule has 154 valence electrons. The molecule has 29 heavy (non-hydrogen) atoms. The maximum absolute atomic E-state index is 12.8. The standard InChI is InChI=1S/C22H26N2O4S/c1-16-4-7-18(8-5-16)29-15-21(25)23-10-12-24(13-11-23)22(26)17-6-9-19(27-2)20(14-17)28-3/h4-9,14H,10-13,15H2,1-3H3. The molecule has 1 heterocycles. The van der Waals surface area contributed by atoms with Crippen molar-refractivity contribution < 1.29 is 19.1 Å². The number of carbonyl (C=O) groups excluding carboxylic acids is 2. The van der Waals surface area contributed by atoms with Crippen molar-refractivity contribution in [1.82, 2.24) is 9.80 Å². The van der Waals surface area contributed by atoms with E-state index in [-0.39, 0.29) is 11.8 Å². The fourth-order valence-corrected chi connectivity index (χ4v) is 3.98. The van der Waals surface area contributed by atoms with Gasteiger partial charge < -0.3 is 19.3 Å². The van der Waals surface area contributed by atoms with Crippen LogP contribution in [0, 0.1) is 6.92 Å². The number of hydrogen-bond acceptors (Lipinski definition) is 5. The van der Waals surface area contributed by atoms with Crippen molar-refractivity contribution in [2.45, 2.75) is 11.8 Å². The molecule has 2 amide bonds. The molecule has 0 radical (unpaired) electrons. The first kappa shape index (κ1) is 21.0. The Hall–Kier alpha value is -2.67. The molecule has 0 saturated carbocycles. The van der Waals surface area contributed by atoms with E-state index in [1.54, 1.807) is 49.1 Å². The van der Waals surface area contributed by atoms with Gasteiger partial charge in [0.15, 0.2) is 11.5 Å². The van der Waals surface area contributed by atoms with Gasteiger partial charge in [0.2, 0.25) is 5.91 Å². The second-order valence-corrected chi connectivity index (χ2v) is 7.89. The first-order valence-electron chi connectivity index (χ1n) is 9.50. The number of hydrogen-bond donors (Lipinski definition) is 0. The molecule has 0 bridgehead atoms. The van der Waals surface area contributed by atoms with Gasteiger partial charge in [-0.1, -0.05) is 17.7 Å². The predicted molar refractivity (Wildman–Crippen MR) is 114 cm³/mol. The first-order chi connectivity index (χ1) is 14.0. The van der Waals surface area contributed by atoms with Crippen molar-refractivity contribution in [3.05, 3.63) is 53.6 Å². The fraction of sp³-hybridized carbons (Fsp3) is 0.364. The molecule has 0 spiro atoms. The highest BCUT2D eigenvalue weighted by Crippen LogP contribution is 2.28. The smallest absolute Gasteiger partial charge is 0.254 e. The van der Waals surface area contributed by atoms with Crippen LogP contribution < -0.4 is 9.47 Å². The summed E-state index contributed by atoms with van der Waals surface area (Å²) in [4.78, 5) is 30.0. The van der Waals surface area contributed by atoms with Crippen molar-refractivity contribution in [1.29, 1.82) is 0 Å². The van der Waals surface area contributed by atoms with E-state index >= 15 is 0 Å². The lowest BCUT2D eigenvalue weighted by molar-refractivity contribution is -0.129. The minimum Gasteiger partial charge on any atom is -0.493 e. The molecule has 1 saturated heterocycles. The molecule has 1 aliphatic heterocycles. The van der Waals surface area contributed by atoms with Crippen molar-refractivity contribution in [3.8, 4) is 11.5 Å². The summed E-state index contributed by atoms with van der Waals surface area (Å²) in [5.74, 6) is 1.57. The van der Waals surface area contributed by atoms with Crippen molar-refractivity contribution >= 4 is 23.6 Å². The Balaban J connectivity index is 1.52. The van der Waals surface area contributed by atoms with E-state index in [1.807, 2.05) is 36.1 Å². The van der Waals surface area contributed by atoms with Crippen LogP contribution in [0.25, 0.3) is 0 Å². The number of methoxy groups -OCH3 is 2. The number of aryl methyl sites for hydroxylation is 1. The van der Waals surface area contributed by atoms with Gasteiger partial charge in [-0.25, -0.2) is 0 Å². The van der Waals surface area contributed by atoms with E-state index in [4.69, 9.17) is 9.47 Å². The zero-order chi connectivity index (χ0) is 20.8. The molecule has 2 aromatic rings. The Morgan fingerprint density at radius 2 is 1.52 bits per heavy atom. The topological polar surface area (TPSA) is 59.1 Å². The minimum absolute atomic E-state index is 0.0629. The summed E-state index contributed by atoms with van der Waals surface area (Å²) in [5, 5.41) is 0. The van der Waals surface area contributed by atoms with Crippen LogP contribution in [0.3, 0.4) is 0 Å². The molecule has 0 unspecified atom stereocenters. The highest BCUT2D eigenvalue weighted by atomic mass is 32.2. The number of amides is 2. The molecular formula is C22H26N2O4S. The van der Waals surface area contributed by atoms with Gasteiger partial charge in [0, 0.05) is 36.6 Å². The summed E-state index contributed by atoms with van der Waals surface area (Å²) in [6.45, 7) is 4.18. The van der Waals surface area contributed by atoms with Gasteiger partial charge in [-0.05, 0) is 37.3 Å². The average molecular weight is 415 g/mol. The van der Waals surface area contributed by atoms with E-state index in [0.717, 1.165) is 4.90 Å². The number of nitrogens with zero attached hydrogens (tertiary/aromatic N) is 2. The Kier molecular flexibility index (Phi) is 7.04. The van der Waals surface area contributed by atoms with Crippen LogP contribution in [-0.4, -0.2) is 67.8 Å². The third-order valence-corrected chi connectivity index (χ3v) is 5.93. The highest BCUT2D eigenvalue weighted by Gasteiger charge is 2.25. The predicted octanol–water partition coefficient (Wildman–Crippen LogP) is 3.09. The lowest BCUT2D eigenvalue weighted by Gasteiger charge is -2.35. The molecule has 0 atom stereocenters. The van der Waals surface area contributed by atoms with Crippen LogP contribution in [0.15, 0.2) is 47.4 Å². The lowest BCUT2D eigenvalue weighted by Crippen LogP contribution is -2.51. The minimum atomic E-state index is -0.0629. The quantitative estimate of drug-likeness (QED) is 0.680. The van der Waals surface area contributed by atoms with E-state index in [9.17, 15) is 9.59 Å². The molecule has 6 nitrogen and oxygen atoms in total. The van der Waals surface area contributed by atoms with Gasteiger partial charge in [-0.3, -0.25) is 9.59 Å². The maximum atomic E-state index is 12.8. The number of benzene rings is 2. The van der Waals surface area contributed by atoms with Gasteiger partial charge >= 0.3 is 0 Å². The summed E-state index contributed by atoms with van der Waals surface area (Å²) in [6.07, 6.45) is 0. The molecule has 7 heteroatoms. The molecule has 1 fully saturated rings. The Labute approximate surface area is 175 Å². The maximum Gasteiger partial charge on any atom is 0.254 e. The molecular weight excluding hydrogens is 388 g/mol. The zero-order valence-corrected chi connectivity index (χ0v) is 17.8. The van der Waals surface area contributed by atoms with Gasteiger partial charge in [0.25, 0.3) is 5.91 Å². The van der Waals surface area contributed by atoms with Crippen molar-refractivity contribution in [2.24, 2.45) is 0 Å². The van der Waals surface area contributed by atoms with Crippen LogP contribution in [0.5, 0.6) is 11.5 Å². The van der Waals surface area contributed by atoms with E-state index < -0.39 is 0 Å². The Morgan fingerprint density at radius 3 is 2.14 bits per heavy atom.